The van der Waals surface area contributed by atoms with Crippen LogP contribution in [0.15, 0.2) is 41.8 Å². The minimum Gasteiger partial charge on any atom is -0.347 e. The molecule has 0 bridgehead atoms. The lowest BCUT2D eigenvalue weighted by molar-refractivity contribution is 0.0703. The molecule has 2 aromatic rings. The number of carbonyl (C=O) groups excluding carboxylic acids is 2. The van der Waals surface area contributed by atoms with Gasteiger partial charge in [-0.05, 0) is 55.1 Å². The smallest absolute Gasteiger partial charge is 0.261 e. The number of thiophene rings is 1. The second kappa shape index (κ2) is 9.71. The summed E-state index contributed by atoms with van der Waals surface area (Å²) in [5, 5.41) is 8.09. The van der Waals surface area contributed by atoms with E-state index in [0.717, 1.165) is 31.5 Å². The third-order valence-electron chi connectivity index (χ3n) is 4.58. The van der Waals surface area contributed by atoms with Crippen LogP contribution in [0.5, 0.6) is 0 Å². The molecular weight excluding hydrogens is 370 g/mol. The molecule has 1 saturated heterocycles. The van der Waals surface area contributed by atoms with Gasteiger partial charge in [-0.2, -0.15) is 0 Å². The predicted octanol–water partition coefficient (Wildman–Crippen LogP) is 2.92. The van der Waals surface area contributed by atoms with E-state index in [-0.39, 0.29) is 24.2 Å². The largest absolute Gasteiger partial charge is 0.347 e. The Morgan fingerprint density at radius 3 is 2.50 bits per heavy atom. The van der Waals surface area contributed by atoms with Crippen LogP contribution in [0, 0.1) is 0 Å². The van der Waals surface area contributed by atoms with E-state index in [9.17, 15) is 9.59 Å². The minimum absolute atomic E-state index is 0. The Hall–Kier alpha value is -1.89. The lowest BCUT2D eigenvalue weighted by Gasteiger charge is -2.31. The molecular formula is C19H24ClN3O2S. The normalized spacial score (nSPS) is 14.3. The van der Waals surface area contributed by atoms with E-state index in [1.165, 1.54) is 11.3 Å². The van der Waals surface area contributed by atoms with Gasteiger partial charge in [0.15, 0.2) is 0 Å². The molecule has 2 N–H and O–H groups in total. The number of benzene rings is 1. The summed E-state index contributed by atoms with van der Waals surface area (Å²) >= 11 is 1.42. The molecule has 0 radical (unpaired) electrons. The number of rotatable bonds is 5. The van der Waals surface area contributed by atoms with Crippen molar-refractivity contribution in [2.75, 3.05) is 20.1 Å². The second-order valence-electron chi connectivity index (χ2n) is 6.25. The summed E-state index contributed by atoms with van der Waals surface area (Å²) in [6.07, 6.45) is 1.99. The van der Waals surface area contributed by atoms with Crippen LogP contribution in [0.1, 0.15) is 38.4 Å². The van der Waals surface area contributed by atoms with Crippen molar-refractivity contribution in [3.63, 3.8) is 0 Å². The standard InChI is InChI=1S/C19H23N3O2S.ClH/c1-22(16-8-10-20-11-9-16)19(24)15-6-4-14(5-7-15)13-21-18(23)17-3-2-12-25-17;/h2-7,12,16,20H,8-11,13H2,1H3,(H,21,23);1H. The fourth-order valence-electron chi connectivity index (χ4n) is 3.01. The number of piperidine rings is 1. The first-order valence-corrected chi connectivity index (χ1v) is 9.41. The monoisotopic (exact) mass is 393 g/mol. The molecule has 7 heteroatoms. The van der Waals surface area contributed by atoms with Crippen molar-refractivity contribution in [1.82, 2.24) is 15.5 Å². The van der Waals surface area contributed by atoms with Gasteiger partial charge in [0.05, 0.1) is 4.88 Å². The van der Waals surface area contributed by atoms with Crippen molar-refractivity contribution in [3.05, 3.63) is 57.8 Å². The number of halogens is 1. The van der Waals surface area contributed by atoms with Crippen LogP contribution in [-0.4, -0.2) is 42.9 Å². The van der Waals surface area contributed by atoms with E-state index in [2.05, 4.69) is 10.6 Å². The van der Waals surface area contributed by atoms with Gasteiger partial charge in [-0.25, -0.2) is 0 Å². The van der Waals surface area contributed by atoms with Gasteiger partial charge >= 0.3 is 0 Å². The topological polar surface area (TPSA) is 61.4 Å². The fraction of sp³-hybridized carbons (Fsp3) is 0.368. The van der Waals surface area contributed by atoms with E-state index in [4.69, 9.17) is 0 Å². The molecule has 1 aromatic carbocycles. The Morgan fingerprint density at radius 2 is 1.88 bits per heavy atom. The van der Waals surface area contributed by atoms with Crippen molar-refractivity contribution in [2.24, 2.45) is 0 Å². The van der Waals surface area contributed by atoms with E-state index in [0.29, 0.717) is 23.0 Å². The molecule has 140 valence electrons. The first kappa shape index (κ1) is 20.4. The quantitative estimate of drug-likeness (QED) is 0.821. The summed E-state index contributed by atoms with van der Waals surface area (Å²) in [4.78, 5) is 27.1. The molecule has 2 amide bonds. The summed E-state index contributed by atoms with van der Waals surface area (Å²) in [6.45, 7) is 2.38. The van der Waals surface area contributed by atoms with Gasteiger partial charge in [0.25, 0.3) is 11.8 Å². The lowest BCUT2D eigenvalue weighted by Crippen LogP contribution is -2.43. The van der Waals surface area contributed by atoms with Gasteiger partial charge in [-0.15, -0.1) is 23.7 Å². The average molecular weight is 394 g/mol. The Bertz CT molecular complexity index is 713. The summed E-state index contributed by atoms with van der Waals surface area (Å²) in [5.41, 5.74) is 1.67. The van der Waals surface area contributed by atoms with Crippen molar-refractivity contribution in [3.8, 4) is 0 Å². The van der Waals surface area contributed by atoms with Crippen molar-refractivity contribution < 1.29 is 9.59 Å². The molecule has 3 rings (SSSR count). The van der Waals surface area contributed by atoms with Crippen LogP contribution >= 0.6 is 23.7 Å². The molecule has 0 atom stereocenters. The Labute approximate surface area is 164 Å². The van der Waals surface area contributed by atoms with Crippen molar-refractivity contribution >= 4 is 35.6 Å². The highest BCUT2D eigenvalue weighted by Crippen LogP contribution is 2.15. The Balaban J connectivity index is 0.00000243. The van der Waals surface area contributed by atoms with Crippen LogP contribution in [0.3, 0.4) is 0 Å². The number of hydrogen-bond donors (Lipinski definition) is 2. The fourth-order valence-corrected chi connectivity index (χ4v) is 3.65. The molecule has 0 saturated carbocycles. The molecule has 2 heterocycles. The summed E-state index contributed by atoms with van der Waals surface area (Å²) in [5.74, 6) is -0.0122. The first-order chi connectivity index (χ1) is 12.1. The van der Waals surface area contributed by atoms with E-state index < -0.39 is 0 Å². The Kier molecular flexibility index (Phi) is 7.63. The minimum atomic E-state index is -0.0687. The highest BCUT2D eigenvalue weighted by molar-refractivity contribution is 7.12. The number of hydrogen-bond acceptors (Lipinski definition) is 4. The van der Waals surface area contributed by atoms with E-state index >= 15 is 0 Å². The van der Waals surface area contributed by atoms with Gasteiger partial charge in [-0.3, -0.25) is 9.59 Å². The molecule has 1 fully saturated rings. The maximum absolute atomic E-state index is 12.6. The average Bonchev–Trinajstić information content (AvgIpc) is 3.21. The van der Waals surface area contributed by atoms with Crippen molar-refractivity contribution in [1.29, 1.82) is 0 Å². The predicted molar refractivity (Wildman–Crippen MR) is 107 cm³/mol. The number of carbonyl (C=O) groups is 2. The van der Waals surface area contributed by atoms with Crippen LogP contribution in [-0.2, 0) is 6.54 Å². The Morgan fingerprint density at radius 1 is 1.19 bits per heavy atom. The van der Waals surface area contributed by atoms with Gasteiger partial charge in [0.2, 0.25) is 0 Å². The molecule has 1 aliphatic rings. The second-order valence-corrected chi connectivity index (χ2v) is 7.20. The zero-order valence-corrected chi connectivity index (χ0v) is 16.4. The van der Waals surface area contributed by atoms with Crippen molar-refractivity contribution in [2.45, 2.75) is 25.4 Å². The summed E-state index contributed by atoms with van der Waals surface area (Å²) < 4.78 is 0. The third kappa shape index (κ3) is 5.06. The van der Waals surface area contributed by atoms with Crippen LogP contribution in [0.4, 0.5) is 0 Å². The maximum atomic E-state index is 12.6. The van der Waals surface area contributed by atoms with Gasteiger partial charge in [0.1, 0.15) is 0 Å². The molecule has 1 aromatic heterocycles. The van der Waals surface area contributed by atoms with Gasteiger partial charge in [-0.1, -0.05) is 18.2 Å². The SMILES string of the molecule is CN(C(=O)c1ccc(CNC(=O)c2cccs2)cc1)C1CCNCC1.Cl. The summed E-state index contributed by atoms with van der Waals surface area (Å²) in [6, 6.07) is 11.4. The van der Waals surface area contributed by atoms with Gasteiger partial charge < -0.3 is 15.5 Å². The molecule has 0 aliphatic carbocycles. The maximum Gasteiger partial charge on any atom is 0.261 e. The highest BCUT2D eigenvalue weighted by Gasteiger charge is 2.22. The third-order valence-corrected chi connectivity index (χ3v) is 5.44. The zero-order valence-electron chi connectivity index (χ0n) is 14.7. The summed E-state index contributed by atoms with van der Waals surface area (Å²) in [7, 11) is 1.88. The van der Waals surface area contributed by atoms with Crippen LogP contribution in [0.2, 0.25) is 0 Å². The molecule has 26 heavy (non-hydrogen) atoms. The number of nitrogens with zero attached hydrogens (tertiary/aromatic N) is 1. The highest BCUT2D eigenvalue weighted by atomic mass is 35.5. The lowest BCUT2D eigenvalue weighted by atomic mass is 10.0. The molecule has 0 spiro atoms. The van der Waals surface area contributed by atoms with E-state index in [1.54, 1.807) is 6.07 Å². The molecule has 5 nitrogen and oxygen atoms in total. The molecule has 0 unspecified atom stereocenters. The molecule has 1 aliphatic heterocycles. The zero-order chi connectivity index (χ0) is 17.6. The van der Waals surface area contributed by atoms with E-state index in [1.807, 2.05) is 47.7 Å². The number of amides is 2. The van der Waals surface area contributed by atoms with Crippen LogP contribution in [0.25, 0.3) is 0 Å². The number of nitrogens with one attached hydrogen (secondary N) is 2. The van der Waals surface area contributed by atoms with Gasteiger partial charge in [0, 0.05) is 25.2 Å². The van der Waals surface area contributed by atoms with Crippen LogP contribution < -0.4 is 10.6 Å². The first-order valence-electron chi connectivity index (χ1n) is 8.53.